The number of benzene rings is 1. The number of nitrogens with zero attached hydrogens (tertiary/aromatic N) is 1. The van der Waals surface area contributed by atoms with Crippen LogP contribution in [0.2, 0.25) is 5.02 Å². The van der Waals surface area contributed by atoms with E-state index in [-0.39, 0.29) is 21.5 Å². The van der Waals surface area contributed by atoms with E-state index in [0.717, 1.165) is 0 Å². The third-order valence-corrected chi connectivity index (χ3v) is 9.73. The average Bonchev–Trinajstić information content (AvgIpc) is 3.34. The number of anilines is 1. The van der Waals surface area contributed by atoms with E-state index in [9.17, 15) is 9.59 Å². The summed E-state index contributed by atoms with van der Waals surface area (Å²) in [5.41, 5.74) is -1.48. The second-order valence-corrected chi connectivity index (χ2v) is 9.87. The summed E-state index contributed by atoms with van der Waals surface area (Å²) in [4.78, 5) is 27.7. The van der Waals surface area contributed by atoms with Crippen LogP contribution in [-0.4, -0.2) is 52.2 Å². The molecular weight excluding hydrogens is 505 g/mol. The number of carbonyl (C=O) groups is 2. The van der Waals surface area contributed by atoms with E-state index < -0.39 is 29.3 Å². The fourth-order valence-electron chi connectivity index (χ4n) is 5.00. The Morgan fingerprint density at radius 3 is 2.44 bits per heavy atom. The molecule has 6 atom stereocenters. The normalized spacial score (nSPS) is 43.8. The fourth-order valence-corrected chi connectivity index (χ4v) is 7.09. The molecule has 4 aliphatic heterocycles. The second kappa shape index (κ2) is 6.00. The molecule has 27 heavy (non-hydrogen) atoms. The van der Waals surface area contributed by atoms with Gasteiger partial charge in [-0.1, -0.05) is 49.5 Å². The van der Waals surface area contributed by atoms with Crippen LogP contribution in [0.4, 0.5) is 5.69 Å². The lowest BCUT2D eigenvalue weighted by Gasteiger charge is -2.39. The van der Waals surface area contributed by atoms with Crippen LogP contribution in [0.5, 0.6) is 0 Å². The van der Waals surface area contributed by atoms with Crippen LogP contribution in [0.25, 0.3) is 0 Å². The molecule has 144 valence electrons. The molecule has 0 aromatic heterocycles. The Morgan fingerprint density at radius 2 is 1.78 bits per heavy atom. The molecule has 5 rings (SSSR count). The van der Waals surface area contributed by atoms with Gasteiger partial charge in [0, 0.05) is 5.02 Å². The van der Waals surface area contributed by atoms with Gasteiger partial charge in [-0.3, -0.25) is 9.59 Å². The molecule has 0 saturated carbocycles. The molecule has 4 saturated heterocycles. The predicted molar refractivity (Wildman–Crippen MR) is 104 cm³/mol. The maximum absolute atomic E-state index is 13.5. The minimum Gasteiger partial charge on any atom is -0.359 e. The van der Waals surface area contributed by atoms with Gasteiger partial charge in [-0.15, -0.1) is 0 Å². The zero-order chi connectivity index (χ0) is 19.1. The van der Waals surface area contributed by atoms with Crippen LogP contribution >= 0.6 is 43.5 Å². The van der Waals surface area contributed by atoms with Gasteiger partial charge in [0.2, 0.25) is 11.8 Å². The van der Waals surface area contributed by atoms with Gasteiger partial charge in [0.25, 0.3) is 0 Å². The molecule has 0 N–H and O–H groups in total. The number of carbonyl (C=O) groups excluding carboxylic acids is 2. The first-order valence-electron chi connectivity index (χ1n) is 8.67. The molecule has 4 aliphatic rings. The molecule has 6 nitrogen and oxygen atoms in total. The standard InChI is InChI=1S/C18H16Br2ClNO5/c1-17-10-11(15(24)22(14(10)23)9-4-2-3-8(21)7-9)18(27-17,13(20)12(17)19)16-25-5-6-26-16/h2-4,7,10-13,16H,5-6H2,1H3/t10-,11-,12-,13+,17-,18+/m0/s1. The number of hydrogen-bond donors (Lipinski definition) is 0. The zero-order valence-corrected chi connectivity index (χ0v) is 18.2. The number of fused-ring (bicyclic) bond motifs is 5. The zero-order valence-electron chi connectivity index (χ0n) is 14.2. The SMILES string of the molecule is C[C@@]12O[C@@](C3OCCO3)([C@H](Br)[C@@H]1Br)[C@@H]1C(=O)N(c3cccc(Cl)c3)C(=O)[C@H]12. The summed E-state index contributed by atoms with van der Waals surface area (Å²) >= 11 is 13.5. The highest BCUT2D eigenvalue weighted by Gasteiger charge is 2.82. The number of rotatable bonds is 2. The Balaban J connectivity index is 1.65. The van der Waals surface area contributed by atoms with E-state index in [1.807, 2.05) is 6.92 Å². The molecule has 4 fully saturated rings. The Hall–Kier alpha value is -0.510. The Labute approximate surface area is 177 Å². The van der Waals surface area contributed by atoms with Gasteiger partial charge in [-0.25, -0.2) is 4.90 Å². The van der Waals surface area contributed by atoms with E-state index in [1.165, 1.54) is 4.90 Å². The van der Waals surface area contributed by atoms with Crippen molar-refractivity contribution in [1.29, 1.82) is 0 Å². The van der Waals surface area contributed by atoms with E-state index in [0.29, 0.717) is 23.9 Å². The highest BCUT2D eigenvalue weighted by atomic mass is 79.9. The first kappa shape index (κ1) is 18.5. The molecule has 9 heteroatoms. The van der Waals surface area contributed by atoms with Crippen molar-refractivity contribution in [2.75, 3.05) is 18.1 Å². The van der Waals surface area contributed by atoms with Crippen molar-refractivity contribution in [1.82, 2.24) is 0 Å². The first-order chi connectivity index (χ1) is 12.8. The Morgan fingerprint density at radius 1 is 1.11 bits per heavy atom. The molecule has 0 aliphatic carbocycles. The van der Waals surface area contributed by atoms with Crippen LogP contribution in [0.1, 0.15) is 6.92 Å². The van der Waals surface area contributed by atoms with Crippen LogP contribution < -0.4 is 4.90 Å². The summed E-state index contributed by atoms with van der Waals surface area (Å²) in [5, 5.41) is 0.463. The number of halogens is 3. The summed E-state index contributed by atoms with van der Waals surface area (Å²) in [6, 6.07) is 6.75. The summed E-state index contributed by atoms with van der Waals surface area (Å²) in [7, 11) is 0. The van der Waals surface area contributed by atoms with E-state index >= 15 is 0 Å². The van der Waals surface area contributed by atoms with E-state index in [2.05, 4.69) is 31.9 Å². The van der Waals surface area contributed by atoms with Crippen molar-refractivity contribution < 1.29 is 23.8 Å². The molecule has 1 aromatic rings. The number of alkyl halides is 2. The Kier molecular flexibility index (Phi) is 4.11. The number of ether oxygens (including phenoxy) is 3. The van der Waals surface area contributed by atoms with Gasteiger partial charge in [-0.05, 0) is 25.1 Å². The molecule has 2 amide bonds. The van der Waals surface area contributed by atoms with Gasteiger partial charge < -0.3 is 14.2 Å². The summed E-state index contributed by atoms with van der Waals surface area (Å²) < 4.78 is 18.0. The smallest absolute Gasteiger partial charge is 0.240 e. The van der Waals surface area contributed by atoms with E-state index in [1.54, 1.807) is 24.3 Å². The molecule has 0 unspecified atom stereocenters. The molecular formula is C18H16Br2ClNO5. The lowest BCUT2D eigenvalue weighted by molar-refractivity contribution is -0.200. The highest BCUT2D eigenvalue weighted by molar-refractivity contribution is 9.12. The quantitative estimate of drug-likeness (QED) is 0.443. The van der Waals surface area contributed by atoms with Crippen molar-refractivity contribution in [2.45, 2.75) is 34.1 Å². The minimum absolute atomic E-state index is 0.185. The number of amides is 2. The first-order valence-corrected chi connectivity index (χ1v) is 10.9. The van der Waals surface area contributed by atoms with Gasteiger partial charge >= 0.3 is 0 Å². The fraction of sp³-hybridized carbons (Fsp3) is 0.556. The van der Waals surface area contributed by atoms with Crippen LogP contribution in [-0.2, 0) is 23.8 Å². The van der Waals surface area contributed by atoms with Crippen LogP contribution in [0.3, 0.4) is 0 Å². The number of imide groups is 1. The summed E-state index contributed by atoms with van der Waals surface area (Å²) in [5.74, 6) is -1.91. The lowest BCUT2D eigenvalue weighted by Crippen LogP contribution is -2.59. The van der Waals surface area contributed by atoms with Gasteiger partial charge in [0.05, 0.1) is 46.0 Å². The van der Waals surface area contributed by atoms with Gasteiger partial charge in [-0.2, -0.15) is 0 Å². The van der Waals surface area contributed by atoms with Crippen LogP contribution in [0.15, 0.2) is 24.3 Å². The maximum Gasteiger partial charge on any atom is 0.240 e. The highest BCUT2D eigenvalue weighted by Crippen LogP contribution is 2.66. The topological polar surface area (TPSA) is 65.1 Å². The predicted octanol–water partition coefficient (Wildman–Crippen LogP) is 2.89. The minimum atomic E-state index is -1.08. The molecule has 2 bridgehead atoms. The van der Waals surface area contributed by atoms with Gasteiger partial charge in [0.15, 0.2) is 6.29 Å². The lowest BCUT2D eigenvalue weighted by atomic mass is 9.67. The summed E-state index contributed by atoms with van der Waals surface area (Å²) in [6.45, 7) is 2.72. The van der Waals surface area contributed by atoms with Crippen molar-refractivity contribution in [3.63, 3.8) is 0 Å². The molecule has 4 heterocycles. The third-order valence-electron chi connectivity index (χ3n) is 6.10. The number of hydrogen-bond acceptors (Lipinski definition) is 5. The average molecular weight is 522 g/mol. The maximum atomic E-state index is 13.5. The molecule has 1 aromatic carbocycles. The van der Waals surface area contributed by atoms with Gasteiger partial charge in [0.1, 0.15) is 5.60 Å². The molecule has 0 spiro atoms. The van der Waals surface area contributed by atoms with Crippen LogP contribution in [0, 0.1) is 11.8 Å². The second-order valence-electron chi connectivity index (χ2n) is 7.46. The van der Waals surface area contributed by atoms with Crippen molar-refractivity contribution >= 4 is 61.0 Å². The Bertz CT molecular complexity index is 845. The largest absolute Gasteiger partial charge is 0.359 e. The molecule has 0 radical (unpaired) electrons. The van der Waals surface area contributed by atoms with Crippen molar-refractivity contribution in [3.05, 3.63) is 29.3 Å². The van der Waals surface area contributed by atoms with Crippen molar-refractivity contribution in [3.8, 4) is 0 Å². The monoisotopic (exact) mass is 519 g/mol. The summed E-state index contributed by atoms with van der Waals surface area (Å²) in [6.07, 6.45) is -0.713. The third kappa shape index (κ3) is 2.17. The van der Waals surface area contributed by atoms with Crippen molar-refractivity contribution in [2.24, 2.45) is 11.8 Å². The van der Waals surface area contributed by atoms with E-state index in [4.69, 9.17) is 25.8 Å².